The molecule has 1 amide bonds. The molecule has 1 aromatic heterocycles. The molecule has 0 aliphatic carbocycles. The molecular formula is C16H21N5O. The van der Waals surface area contributed by atoms with E-state index in [0.29, 0.717) is 0 Å². The zero-order chi connectivity index (χ0) is 15.7. The number of aromatic nitrogens is 2. The molecule has 3 heterocycles. The van der Waals surface area contributed by atoms with Crippen molar-refractivity contribution in [2.45, 2.75) is 45.6 Å². The summed E-state index contributed by atoms with van der Waals surface area (Å²) in [4.78, 5) is 21.8. The third kappa shape index (κ3) is 2.46. The van der Waals surface area contributed by atoms with Gasteiger partial charge in [-0.2, -0.15) is 5.26 Å². The predicted octanol–water partition coefficient (Wildman–Crippen LogP) is 1.99. The molecule has 0 radical (unpaired) electrons. The highest BCUT2D eigenvalue weighted by molar-refractivity contribution is 5.83. The molecule has 22 heavy (non-hydrogen) atoms. The Hall–Kier alpha value is -2.00. The fraction of sp³-hybridized carbons (Fsp3) is 0.625. The monoisotopic (exact) mass is 299 g/mol. The summed E-state index contributed by atoms with van der Waals surface area (Å²) in [5.41, 5.74) is 1.11. The van der Waals surface area contributed by atoms with Crippen LogP contribution in [-0.2, 0) is 4.79 Å². The largest absolute Gasteiger partial charge is 0.273 e. The zero-order valence-corrected chi connectivity index (χ0v) is 13.1. The summed E-state index contributed by atoms with van der Waals surface area (Å²) in [6, 6.07) is 2.13. The molecule has 2 fully saturated rings. The van der Waals surface area contributed by atoms with Crippen molar-refractivity contribution in [3.63, 3.8) is 0 Å². The van der Waals surface area contributed by atoms with Gasteiger partial charge in [0.15, 0.2) is 0 Å². The van der Waals surface area contributed by atoms with Crippen molar-refractivity contribution in [3.05, 3.63) is 23.8 Å². The molecular weight excluding hydrogens is 278 g/mol. The third-order valence-electron chi connectivity index (χ3n) is 4.74. The predicted molar refractivity (Wildman–Crippen MR) is 80.1 cm³/mol. The maximum atomic E-state index is 13.1. The number of hydrazine groups is 1. The van der Waals surface area contributed by atoms with E-state index in [1.807, 2.05) is 18.9 Å². The van der Waals surface area contributed by atoms with Crippen LogP contribution >= 0.6 is 0 Å². The smallest absolute Gasteiger partial charge is 0.244 e. The van der Waals surface area contributed by atoms with Crippen LogP contribution in [0.5, 0.6) is 0 Å². The molecule has 0 bridgehead atoms. The Morgan fingerprint density at radius 1 is 1.41 bits per heavy atom. The van der Waals surface area contributed by atoms with E-state index in [4.69, 9.17) is 5.26 Å². The first-order valence-corrected chi connectivity index (χ1v) is 7.79. The molecule has 0 aromatic carbocycles. The molecule has 3 rings (SSSR count). The van der Waals surface area contributed by atoms with Crippen LogP contribution in [0.15, 0.2) is 12.4 Å². The zero-order valence-electron chi connectivity index (χ0n) is 13.1. The van der Waals surface area contributed by atoms with Crippen molar-refractivity contribution < 1.29 is 4.79 Å². The average Bonchev–Trinajstić information content (AvgIpc) is 2.86. The maximum absolute atomic E-state index is 13.1. The van der Waals surface area contributed by atoms with Crippen molar-refractivity contribution >= 4 is 5.91 Å². The van der Waals surface area contributed by atoms with E-state index in [1.165, 1.54) is 0 Å². The number of hydrogen-bond donors (Lipinski definition) is 0. The van der Waals surface area contributed by atoms with Crippen molar-refractivity contribution in [2.24, 2.45) is 5.41 Å². The van der Waals surface area contributed by atoms with Gasteiger partial charge in [0.1, 0.15) is 0 Å². The van der Waals surface area contributed by atoms with E-state index in [0.717, 1.165) is 43.7 Å². The second-order valence-electron chi connectivity index (χ2n) is 6.49. The first-order valence-electron chi connectivity index (χ1n) is 7.79. The molecule has 2 saturated heterocycles. The summed E-state index contributed by atoms with van der Waals surface area (Å²) >= 11 is 0. The number of rotatable bonds is 2. The van der Waals surface area contributed by atoms with Gasteiger partial charge >= 0.3 is 0 Å². The summed E-state index contributed by atoms with van der Waals surface area (Å²) in [6.07, 6.45) is 6.35. The van der Waals surface area contributed by atoms with Crippen molar-refractivity contribution in [3.8, 4) is 6.07 Å². The Bertz CT molecular complexity index is 608. The number of hydrogen-bond acceptors (Lipinski definition) is 5. The van der Waals surface area contributed by atoms with Gasteiger partial charge in [-0.3, -0.25) is 19.8 Å². The molecule has 2 aliphatic rings. The van der Waals surface area contributed by atoms with Crippen LogP contribution < -0.4 is 0 Å². The first kappa shape index (κ1) is 14.9. The van der Waals surface area contributed by atoms with Crippen molar-refractivity contribution in [1.29, 1.82) is 5.26 Å². The minimum atomic E-state index is -0.593. The highest BCUT2D eigenvalue weighted by atomic mass is 16.2. The highest BCUT2D eigenvalue weighted by Gasteiger charge is 2.47. The van der Waals surface area contributed by atoms with Gasteiger partial charge in [0.05, 0.1) is 35.1 Å². The Balaban J connectivity index is 1.93. The molecule has 2 atom stereocenters. The lowest BCUT2D eigenvalue weighted by Crippen LogP contribution is -2.46. The molecule has 0 N–H and O–H groups in total. The van der Waals surface area contributed by atoms with Gasteiger partial charge < -0.3 is 0 Å². The number of nitrogens with zero attached hydrogens (tertiary/aromatic N) is 5. The average molecular weight is 299 g/mol. The van der Waals surface area contributed by atoms with Crippen LogP contribution in [0, 0.1) is 23.7 Å². The fourth-order valence-electron chi connectivity index (χ4n) is 3.41. The van der Waals surface area contributed by atoms with Crippen LogP contribution in [0.25, 0.3) is 0 Å². The van der Waals surface area contributed by atoms with Gasteiger partial charge in [-0.1, -0.05) is 0 Å². The standard InChI is InChI=1S/C16H21N5O/c1-12-10-19-13(11-18-12)14-4-9-20-8-3-5-16(2,6-7-17)15(22)21(14)20/h10-11,14H,3-6,8-9H2,1-2H3/t14-,16?/m1/s1. The molecule has 0 spiro atoms. The van der Waals surface area contributed by atoms with Crippen LogP contribution in [0.4, 0.5) is 0 Å². The Kier molecular flexibility index (Phi) is 3.83. The van der Waals surface area contributed by atoms with Gasteiger partial charge in [0, 0.05) is 25.7 Å². The lowest BCUT2D eigenvalue weighted by molar-refractivity contribution is -0.155. The first-order chi connectivity index (χ1) is 10.5. The van der Waals surface area contributed by atoms with Gasteiger partial charge in [-0.05, 0) is 33.1 Å². The minimum absolute atomic E-state index is 0.0522. The van der Waals surface area contributed by atoms with Gasteiger partial charge in [0.25, 0.3) is 0 Å². The summed E-state index contributed by atoms with van der Waals surface area (Å²) in [5, 5.41) is 13.1. The van der Waals surface area contributed by atoms with Crippen LogP contribution in [0.3, 0.4) is 0 Å². The molecule has 6 nitrogen and oxygen atoms in total. The second-order valence-corrected chi connectivity index (χ2v) is 6.49. The van der Waals surface area contributed by atoms with Gasteiger partial charge in [0.2, 0.25) is 5.91 Å². The number of nitriles is 1. The summed E-state index contributed by atoms with van der Waals surface area (Å²) < 4.78 is 0. The summed E-state index contributed by atoms with van der Waals surface area (Å²) in [5.74, 6) is 0.0522. The lowest BCUT2D eigenvalue weighted by atomic mass is 9.81. The molecule has 1 aromatic rings. The Morgan fingerprint density at radius 3 is 2.91 bits per heavy atom. The van der Waals surface area contributed by atoms with E-state index in [2.05, 4.69) is 21.0 Å². The number of fused-ring (bicyclic) bond motifs is 1. The van der Waals surface area contributed by atoms with Crippen LogP contribution in [-0.4, -0.2) is 39.0 Å². The number of amides is 1. The van der Waals surface area contributed by atoms with Crippen LogP contribution in [0.2, 0.25) is 0 Å². The third-order valence-corrected chi connectivity index (χ3v) is 4.74. The maximum Gasteiger partial charge on any atom is 0.244 e. The Morgan fingerprint density at radius 2 is 2.23 bits per heavy atom. The molecule has 0 saturated carbocycles. The van der Waals surface area contributed by atoms with E-state index in [9.17, 15) is 4.79 Å². The topological polar surface area (TPSA) is 73.1 Å². The van der Waals surface area contributed by atoms with Gasteiger partial charge in [-0.25, -0.2) is 5.01 Å². The SMILES string of the molecule is Cc1cnc([C@H]2CCN3CCCC(C)(CC#N)C(=O)N23)cn1. The fourth-order valence-corrected chi connectivity index (χ4v) is 3.41. The van der Waals surface area contributed by atoms with E-state index >= 15 is 0 Å². The van der Waals surface area contributed by atoms with Gasteiger partial charge in [-0.15, -0.1) is 0 Å². The normalized spacial score (nSPS) is 29.0. The molecule has 2 aliphatic heterocycles. The van der Waals surface area contributed by atoms with Crippen molar-refractivity contribution in [1.82, 2.24) is 20.0 Å². The lowest BCUT2D eigenvalue weighted by Gasteiger charge is -2.35. The summed E-state index contributed by atoms with van der Waals surface area (Å²) in [6.45, 7) is 5.54. The van der Waals surface area contributed by atoms with E-state index < -0.39 is 5.41 Å². The Labute approximate surface area is 130 Å². The quantitative estimate of drug-likeness (QED) is 0.835. The minimum Gasteiger partial charge on any atom is -0.273 e. The van der Waals surface area contributed by atoms with E-state index in [1.54, 1.807) is 12.4 Å². The number of aryl methyl sites for hydroxylation is 1. The van der Waals surface area contributed by atoms with E-state index in [-0.39, 0.29) is 18.4 Å². The number of carbonyl (C=O) groups is 1. The highest BCUT2D eigenvalue weighted by Crippen LogP contribution is 2.41. The number of carbonyl (C=O) groups excluding carboxylic acids is 1. The molecule has 116 valence electrons. The molecule has 6 heteroatoms. The molecule has 1 unspecified atom stereocenters. The van der Waals surface area contributed by atoms with Crippen molar-refractivity contribution in [2.75, 3.05) is 13.1 Å². The second kappa shape index (κ2) is 5.65. The van der Waals surface area contributed by atoms with Crippen LogP contribution in [0.1, 0.15) is 50.0 Å². The summed E-state index contributed by atoms with van der Waals surface area (Å²) in [7, 11) is 0.